The molecule has 3 nitrogen and oxygen atoms in total. The van der Waals surface area contributed by atoms with Gasteiger partial charge >= 0.3 is 0 Å². The second kappa shape index (κ2) is 4.12. The van der Waals surface area contributed by atoms with Crippen molar-refractivity contribution in [3.63, 3.8) is 0 Å². The summed E-state index contributed by atoms with van der Waals surface area (Å²) in [5.41, 5.74) is 6.91. The Bertz CT molecular complexity index is 510. The summed E-state index contributed by atoms with van der Waals surface area (Å²) in [5.74, 6) is 0. The molecule has 0 aliphatic heterocycles. The molecule has 1 heterocycles. The second-order valence-electron chi connectivity index (χ2n) is 2.89. The molecule has 0 unspecified atom stereocenters. The van der Waals surface area contributed by atoms with Crippen LogP contribution in [0.5, 0.6) is 0 Å². The van der Waals surface area contributed by atoms with Crippen molar-refractivity contribution in [3.05, 3.63) is 34.4 Å². The number of nitrogen functional groups attached to an aromatic ring is 1. The van der Waals surface area contributed by atoms with Crippen LogP contribution in [0.25, 0.3) is 10.4 Å². The third-order valence-electron chi connectivity index (χ3n) is 1.87. The molecule has 0 saturated carbocycles. The molecule has 76 valence electrons. The number of anilines is 1. The molecule has 0 amide bonds. The van der Waals surface area contributed by atoms with Crippen LogP contribution in [0, 0.1) is 0 Å². The van der Waals surface area contributed by atoms with Gasteiger partial charge in [0.2, 0.25) is 0 Å². The van der Waals surface area contributed by atoms with Crippen molar-refractivity contribution in [2.24, 2.45) is 0 Å². The fourth-order valence-electron chi connectivity index (χ4n) is 1.27. The highest BCUT2D eigenvalue weighted by molar-refractivity contribution is 9.10. The quantitative estimate of drug-likeness (QED) is 0.862. The number of carbonyl (C=O) groups excluding carboxylic acids is 1. The Kier molecular flexibility index (Phi) is 2.83. The van der Waals surface area contributed by atoms with Crippen LogP contribution in [0.1, 0.15) is 10.5 Å². The molecule has 1 aromatic heterocycles. The zero-order valence-electron chi connectivity index (χ0n) is 7.61. The molecule has 0 aliphatic carbocycles. The number of nitrogens with two attached hydrogens (primary N) is 1. The number of hydrogen-bond acceptors (Lipinski definition) is 4. The summed E-state index contributed by atoms with van der Waals surface area (Å²) in [4.78, 5) is 15.5. The lowest BCUT2D eigenvalue weighted by Crippen LogP contribution is -1.85. The number of hydrogen-bond donors (Lipinski definition) is 1. The molecule has 15 heavy (non-hydrogen) atoms. The largest absolute Gasteiger partial charge is 0.375 e. The summed E-state index contributed by atoms with van der Waals surface area (Å²) in [7, 11) is 0. The first kappa shape index (κ1) is 10.3. The molecule has 0 radical (unpaired) electrons. The van der Waals surface area contributed by atoms with Crippen LogP contribution in [-0.2, 0) is 0 Å². The van der Waals surface area contributed by atoms with E-state index in [0.717, 1.165) is 21.2 Å². The maximum absolute atomic E-state index is 10.8. The van der Waals surface area contributed by atoms with E-state index in [0.29, 0.717) is 10.8 Å². The van der Waals surface area contributed by atoms with Gasteiger partial charge in [-0.1, -0.05) is 39.4 Å². The van der Waals surface area contributed by atoms with Gasteiger partial charge < -0.3 is 5.73 Å². The maximum Gasteiger partial charge on any atom is 0.181 e. The van der Waals surface area contributed by atoms with Gasteiger partial charge in [0.25, 0.3) is 0 Å². The molecule has 0 spiro atoms. The van der Waals surface area contributed by atoms with Crippen molar-refractivity contribution >= 4 is 38.7 Å². The molecule has 1 aromatic carbocycles. The second-order valence-corrected chi connectivity index (χ2v) is 4.84. The SMILES string of the molecule is Nc1nc(C=O)c(-c2cccc(Br)c2)s1. The van der Waals surface area contributed by atoms with Crippen LogP contribution in [-0.4, -0.2) is 11.3 Å². The Morgan fingerprint density at radius 3 is 2.93 bits per heavy atom. The minimum atomic E-state index is 0.399. The van der Waals surface area contributed by atoms with E-state index in [2.05, 4.69) is 20.9 Å². The Morgan fingerprint density at radius 2 is 2.27 bits per heavy atom. The van der Waals surface area contributed by atoms with E-state index in [9.17, 15) is 4.79 Å². The predicted octanol–water partition coefficient (Wildman–Crippen LogP) is 2.97. The Balaban J connectivity index is 2.57. The molecule has 2 aromatic rings. The van der Waals surface area contributed by atoms with E-state index in [4.69, 9.17) is 5.73 Å². The van der Waals surface area contributed by atoms with Gasteiger partial charge in [-0.25, -0.2) is 4.98 Å². The highest BCUT2D eigenvalue weighted by Gasteiger charge is 2.10. The van der Waals surface area contributed by atoms with E-state index in [1.165, 1.54) is 11.3 Å². The van der Waals surface area contributed by atoms with Crippen molar-refractivity contribution in [3.8, 4) is 10.4 Å². The van der Waals surface area contributed by atoms with Crippen LogP contribution < -0.4 is 5.73 Å². The fourth-order valence-corrected chi connectivity index (χ4v) is 2.46. The zero-order valence-corrected chi connectivity index (χ0v) is 10.0. The van der Waals surface area contributed by atoms with Gasteiger partial charge in [-0.15, -0.1) is 0 Å². The molecule has 0 fully saturated rings. The fraction of sp³-hybridized carbons (Fsp3) is 0. The lowest BCUT2D eigenvalue weighted by Gasteiger charge is -1.98. The predicted molar refractivity (Wildman–Crippen MR) is 65.0 cm³/mol. The summed E-state index contributed by atoms with van der Waals surface area (Å²) in [5, 5.41) is 0.409. The summed E-state index contributed by atoms with van der Waals surface area (Å²) >= 11 is 4.69. The Hall–Kier alpha value is -1.20. The first-order chi connectivity index (χ1) is 7.20. The van der Waals surface area contributed by atoms with E-state index < -0.39 is 0 Å². The van der Waals surface area contributed by atoms with Gasteiger partial charge in [0.15, 0.2) is 11.4 Å². The number of aromatic nitrogens is 1. The number of nitrogens with zero attached hydrogens (tertiary/aromatic N) is 1. The summed E-state index contributed by atoms with van der Waals surface area (Å²) < 4.78 is 0.962. The van der Waals surface area contributed by atoms with E-state index in [1.54, 1.807) is 0 Å². The molecule has 5 heteroatoms. The number of thiazole rings is 1. The molecule has 2 N–H and O–H groups in total. The van der Waals surface area contributed by atoms with Crippen molar-refractivity contribution in [2.75, 3.05) is 5.73 Å². The molecule has 2 rings (SSSR count). The summed E-state index contributed by atoms with van der Waals surface area (Å²) in [6, 6.07) is 7.68. The van der Waals surface area contributed by atoms with Gasteiger partial charge in [0, 0.05) is 4.47 Å². The summed E-state index contributed by atoms with van der Waals surface area (Å²) in [6.45, 7) is 0. The first-order valence-corrected chi connectivity index (χ1v) is 5.79. The highest BCUT2D eigenvalue weighted by atomic mass is 79.9. The highest BCUT2D eigenvalue weighted by Crippen LogP contribution is 2.32. The van der Waals surface area contributed by atoms with Crippen LogP contribution in [0.15, 0.2) is 28.7 Å². The van der Waals surface area contributed by atoms with E-state index >= 15 is 0 Å². The lowest BCUT2D eigenvalue weighted by molar-refractivity contribution is 0.112. The molecule has 0 aliphatic rings. The van der Waals surface area contributed by atoms with Crippen LogP contribution >= 0.6 is 27.3 Å². The van der Waals surface area contributed by atoms with Crippen molar-refractivity contribution in [1.29, 1.82) is 0 Å². The number of rotatable bonds is 2. The van der Waals surface area contributed by atoms with Crippen LogP contribution in [0.4, 0.5) is 5.13 Å². The Labute approximate surface area is 99.1 Å². The van der Waals surface area contributed by atoms with Gasteiger partial charge in [0.1, 0.15) is 5.69 Å². The number of carbonyl (C=O) groups is 1. The van der Waals surface area contributed by atoms with E-state index in [-0.39, 0.29) is 0 Å². The van der Waals surface area contributed by atoms with Crippen LogP contribution in [0.2, 0.25) is 0 Å². The van der Waals surface area contributed by atoms with Gasteiger partial charge in [0.05, 0.1) is 4.88 Å². The van der Waals surface area contributed by atoms with Crippen molar-refractivity contribution in [2.45, 2.75) is 0 Å². The average Bonchev–Trinajstić information content (AvgIpc) is 2.59. The topological polar surface area (TPSA) is 56.0 Å². The number of benzene rings is 1. The normalized spacial score (nSPS) is 10.2. The monoisotopic (exact) mass is 282 g/mol. The maximum atomic E-state index is 10.8. The summed E-state index contributed by atoms with van der Waals surface area (Å²) in [6.07, 6.45) is 0.725. The van der Waals surface area contributed by atoms with E-state index in [1.807, 2.05) is 24.3 Å². The standard InChI is InChI=1S/C10H7BrN2OS/c11-7-3-1-2-6(4-7)9-8(5-14)13-10(12)15-9/h1-5H,(H2,12,13). The Morgan fingerprint density at radius 1 is 1.47 bits per heavy atom. The van der Waals surface area contributed by atoms with Crippen LogP contribution in [0.3, 0.4) is 0 Å². The number of aldehydes is 1. The molecular formula is C10H7BrN2OS. The average molecular weight is 283 g/mol. The zero-order chi connectivity index (χ0) is 10.8. The minimum Gasteiger partial charge on any atom is -0.375 e. The molecular weight excluding hydrogens is 276 g/mol. The smallest absolute Gasteiger partial charge is 0.181 e. The number of halogens is 1. The van der Waals surface area contributed by atoms with Gasteiger partial charge in [-0.2, -0.15) is 0 Å². The minimum absolute atomic E-state index is 0.399. The van der Waals surface area contributed by atoms with Gasteiger partial charge in [-0.05, 0) is 17.7 Å². The molecule has 0 bridgehead atoms. The first-order valence-electron chi connectivity index (χ1n) is 4.18. The molecule has 0 saturated heterocycles. The van der Waals surface area contributed by atoms with Crippen molar-refractivity contribution in [1.82, 2.24) is 4.98 Å². The third kappa shape index (κ3) is 2.08. The third-order valence-corrected chi connectivity index (χ3v) is 3.31. The molecule has 0 atom stereocenters. The lowest BCUT2D eigenvalue weighted by atomic mass is 10.2. The van der Waals surface area contributed by atoms with Crippen molar-refractivity contribution < 1.29 is 4.79 Å². The van der Waals surface area contributed by atoms with Gasteiger partial charge in [-0.3, -0.25) is 4.79 Å².